The van der Waals surface area contributed by atoms with Crippen LogP contribution in [0.15, 0.2) is 53.1 Å². The Bertz CT molecular complexity index is 904. The first kappa shape index (κ1) is 17.7. The number of carbonyl (C=O) groups excluding carboxylic acids is 1. The molecule has 0 saturated heterocycles. The van der Waals surface area contributed by atoms with Crippen LogP contribution in [0.5, 0.6) is 5.75 Å². The monoisotopic (exact) mass is 354 g/mol. The van der Waals surface area contributed by atoms with E-state index in [0.717, 1.165) is 11.1 Å². The lowest BCUT2D eigenvalue weighted by Crippen LogP contribution is -2.24. The highest BCUT2D eigenvalue weighted by Gasteiger charge is 2.20. The molecule has 0 saturated carbocycles. The normalized spacial score (nSPS) is 10.6. The second-order valence-corrected chi connectivity index (χ2v) is 5.98. The quantitative estimate of drug-likeness (QED) is 0.728. The Balaban J connectivity index is 1.66. The molecule has 3 aromatic rings. The van der Waals surface area contributed by atoms with Gasteiger partial charge in [-0.3, -0.25) is 4.79 Å². The summed E-state index contributed by atoms with van der Waals surface area (Å²) in [7, 11) is 0. The summed E-state index contributed by atoms with van der Waals surface area (Å²) in [5.74, 6) is 0.560. The second-order valence-electron chi connectivity index (χ2n) is 5.98. The summed E-state index contributed by atoms with van der Waals surface area (Å²) in [6.07, 6.45) is 0. The van der Waals surface area contributed by atoms with Crippen molar-refractivity contribution in [2.45, 2.75) is 27.0 Å². The van der Waals surface area contributed by atoms with Gasteiger partial charge in [-0.1, -0.05) is 29.4 Å². The highest BCUT2D eigenvalue weighted by atomic mass is 19.1. The standard InChI is InChI=1S/C20H19FN2O3/c1-13-4-3-5-17(10-13)25-12-18-14(2)26-23-19(18)20(24)22-11-15-6-8-16(21)9-7-15/h3-10H,11-12H2,1-2H3,(H,22,24). The van der Waals surface area contributed by atoms with Crippen LogP contribution in [0.3, 0.4) is 0 Å². The van der Waals surface area contributed by atoms with Crippen molar-refractivity contribution < 1.29 is 18.4 Å². The number of carbonyl (C=O) groups is 1. The van der Waals surface area contributed by atoms with Crippen LogP contribution in [-0.2, 0) is 13.2 Å². The Hall–Kier alpha value is -3.15. The van der Waals surface area contributed by atoms with Gasteiger partial charge in [0, 0.05) is 6.54 Å². The zero-order valence-electron chi connectivity index (χ0n) is 14.6. The molecule has 1 N–H and O–H groups in total. The van der Waals surface area contributed by atoms with Crippen molar-refractivity contribution in [3.63, 3.8) is 0 Å². The SMILES string of the molecule is Cc1cccc(OCc2c(C(=O)NCc3ccc(F)cc3)noc2C)c1. The summed E-state index contributed by atoms with van der Waals surface area (Å²) in [4.78, 5) is 12.4. The highest BCUT2D eigenvalue weighted by molar-refractivity contribution is 5.93. The predicted octanol–water partition coefficient (Wildman–Crippen LogP) is 3.94. The number of benzene rings is 2. The number of nitrogens with zero attached hydrogens (tertiary/aromatic N) is 1. The number of hydrogen-bond donors (Lipinski definition) is 1. The van der Waals surface area contributed by atoms with Crippen molar-refractivity contribution in [3.8, 4) is 5.75 Å². The van der Waals surface area contributed by atoms with Gasteiger partial charge in [0.05, 0.1) is 5.56 Å². The summed E-state index contributed by atoms with van der Waals surface area (Å²) in [5.41, 5.74) is 2.67. The van der Waals surface area contributed by atoms with Crippen LogP contribution in [0.4, 0.5) is 4.39 Å². The fourth-order valence-electron chi connectivity index (χ4n) is 2.47. The van der Waals surface area contributed by atoms with Crippen LogP contribution in [-0.4, -0.2) is 11.1 Å². The number of ether oxygens (including phenoxy) is 1. The second kappa shape index (κ2) is 7.82. The van der Waals surface area contributed by atoms with Crippen LogP contribution >= 0.6 is 0 Å². The van der Waals surface area contributed by atoms with Crippen molar-refractivity contribution in [1.82, 2.24) is 10.5 Å². The first-order chi connectivity index (χ1) is 12.5. The van der Waals surface area contributed by atoms with Gasteiger partial charge in [0.2, 0.25) is 0 Å². The Morgan fingerprint density at radius 2 is 1.96 bits per heavy atom. The zero-order chi connectivity index (χ0) is 18.5. The molecule has 0 bridgehead atoms. The average Bonchev–Trinajstić information content (AvgIpc) is 3.00. The molecule has 3 rings (SSSR count). The summed E-state index contributed by atoms with van der Waals surface area (Å²) >= 11 is 0. The van der Waals surface area contributed by atoms with E-state index in [1.807, 2.05) is 31.2 Å². The molecular weight excluding hydrogens is 335 g/mol. The van der Waals surface area contributed by atoms with Gasteiger partial charge in [-0.25, -0.2) is 4.39 Å². The molecule has 0 radical (unpaired) electrons. The molecular formula is C20H19FN2O3. The fraction of sp³-hybridized carbons (Fsp3) is 0.200. The fourth-order valence-corrected chi connectivity index (χ4v) is 2.47. The highest BCUT2D eigenvalue weighted by Crippen LogP contribution is 2.19. The molecule has 1 heterocycles. The van der Waals surface area contributed by atoms with Gasteiger partial charge in [-0.05, 0) is 49.2 Å². The van der Waals surface area contributed by atoms with E-state index in [9.17, 15) is 9.18 Å². The minimum absolute atomic E-state index is 0.179. The Morgan fingerprint density at radius 1 is 1.19 bits per heavy atom. The van der Waals surface area contributed by atoms with Gasteiger partial charge >= 0.3 is 0 Å². The molecule has 0 aliphatic rings. The van der Waals surface area contributed by atoms with Crippen LogP contribution in [0, 0.1) is 19.7 Å². The van der Waals surface area contributed by atoms with Gasteiger partial charge in [0.25, 0.3) is 5.91 Å². The maximum atomic E-state index is 12.9. The maximum absolute atomic E-state index is 12.9. The molecule has 0 unspecified atom stereocenters. The Morgan fingerprint density at radius 3 is 2.69 bits per heavy atom. The molecule has 0 aliphatic heterocycles. The molecule has 0 spiro atoms. The molecule has 2 aromatic carbocycles. The van der Waals surface area contributed by atoms with Crippen LogP contribution in [0.2, 0.25) is 0 Å². The molecule has 134 valence electrons. The van der Waals surface area contributed by atoms with Crippen molar-refractivity contribution in [2.75, 3.05) is 0 Å². The van der Waals surface area contributed by atoms with Crippen molar-refractivity contribution in [1.29, 1.82) is 0 Å². The van der Waals surface area contributed by atoms with E-state index in [1.165, 1.54) is 12.1 Å². The van der Waals surface area contributed by atoms with Crippen molar-refractivity contribution in [2.24, 2.45) is 0 Å². The van der Waals surface area contributed by atoms with Gasteiger partial charge in [-0.15, -0.1) is 0 Å². The van der Waals surface area contributed by atoms with E-state index in [2.05, 4.69) is 10.5 Å². The molecule has 1 amide bonds. The van der Waals surface area contributed by atoms with Crippen molar-refractivity contribution >= 4 is 5.91 Å². The largest absolute Gasteiger partial charge is 0.489 e. The summed E-state index contributed by atoms with van der Waals surface area (Å²) < 4.78 is 23.8. The molecule has 0 aliphatic carbocycles. The van der Waals surface area contributed by atoms with Gasteiger partial charge < -0.3 is 14.6 Å². The van der Waals surface area contributed by atoms with E-state index in [4.69, 9.17) is 9.26 Å². The topological polar surface area (TPSA) is 64.4 Å². The van der Waals surface area contributed by atoms with Crippen LogP contribution in [0.25, 0.3) is 0 Å². The zero-order valence-corrected chi connectivity index (χ0v) is 14.6. The predicted molar refractivity (Wildman–Crippen MR) is 94.3 cm³/mol. The summed E-state index contributed by atoms with van der Waals surface area (Å²) in [6, 6.07) is 13.6. The number of nitrogens with one attached hydrogen (secondary N) is 1. The smallest absolute Gasteiger partial charge is 0.274 e. The lowest BCUT2D eigenvalue weighted by molar-refractivity contribution is 0.0939. The molecule has 5 nitrogen and oxygen atoms in total. The average molecular weight is 354 g/mol. The van der Waals surface area contributed by atoms with E-state index in [1.54, 1.807) is 19.1 Å². The summed E-state index contributed by atoms with van der Waals surface area (Å²) in [5, 5.41) is 6.60. The third-order valence-electron chi connectivity index (χ3n) is 3.94. The van der Waals surface area contributed by atoms with Gasteiger partial charge in [-0.2, -0.15) is 0 Å². The number of hydrogen-bond acceptors (Lipinski definition) is 4. The minimum Gasteiger partial charge on any atom is -0.489 e. The number of aryl methyl sites for hydroxylation is 2. The Kier molecular flexibility index (Phi) is 5.31. The lowest BCUT2D eigenvalue weighted by Gasteiger charge is -2.08. The third-order valence-corrected chi connectivity index (χ3v) is 3.94. The van der Waals surface area contributed by atoms with Crippen molar-refractivity contribution in [3.05, 3.63) is 82.5 Å². The van der Waals surface area contributed by atoms with Gasteiger partial charge in [0.15, 0.2) is 5.69 Å². The molecule has 1 aromatic heterocycles. The van der Waals surface area contributed by atoms with E-state index in [-0.39, 0.29) is 30.6 Å². The molecule has 26 heavy (non-hydrogen) atoms. The molecule has 0 fully saturated rings. The minimum atomic E-state index is -0.367. The summed E-state index contributed by atoms with van der Waals surface area (Å²) in [6.45, 7) is 4.16. The number of halogens is 1. The molecule has 0 atom stereocenters. The first-order valence-corrected chi connectivity index (χ1v) is 8.20. The molecule has 6 heteroatoms. The number of aromatic nitrogens is 1. The number of rotatable bonds is 6. The Labute approximate surface area is 150 Å². The maximum Gasteiger partial charge on any atom is 0.274 e. The lowest BCUT2D eigenvalue weighted by atomic mass is 10.2. The van der Waals surface area contributed by atoms with E-state index >= 15 is 0 Å². The van der Waals surface area contributed by atoms with E-state index < -0.39 is 0 Å². The van der Waals surface area contributed by atoms with E-state index in [0.29, 0.717) is 17.1 Å². The number of amides is 1. The van der Waals surface area contributed by atoms with Crippen LogP contribution < -0.4 is 10.1 Å². The van der Waals surface area contributed by atoms with Gasteiger partial charge in [0.1, 0.15) is 23.9 Å². The van der Waals surface area contributed by atoms with Crippen LogP contribution in [0.1, 0.15) is 32.9 Å². The third kappa shape index (κ3) is 4.27. The first-order valence-electron chi connectivity index (χ1n) is 8.20.